The van der Waals surface area contributed by atoms with Crippen LogP contribution in [0.1, 0.15) is 63.9 Å². The SMILES string of the molecule is CCCCCCC(C)N1CC(CCN)c2ccccc21. The molecule has 2 heteroatoms. The first-order valence-corrected chi connectivity index (χ1v) is 8.33. The van der Waals surface area contributed by atoms with E-state index in [1.165, 1.54) is 43.4 Å². The van der Waals surface area contributed by atoms with E-state index < -0.39 is 0 Å². The van der Waals surface area contributed by atoms with Crippen molar-refractivity contribution in [1.82, 2.24) is 0 Å². The van der Waals surface area contributed by atoms with E-state index in [4.69, 9.17) is 5.73 Å². The number of nitrogens with two attached hydrogens (primary N) is 1. The highest BCUT2D eigenvalue weighted by atomic mass is 15.2. The average Bonchev–Trinajstić information content (AvgIpc) is 2.83. The smallest absolute Gasteiger partial charge is 0.0404 e. The largest absolute Gasteiger partial charge is 0.368 e. The first kappa shape index (κ1) is 15.4. The number of anilines is 1. The topological polar surface area (TPSA) is 29.3 Å². The lowest BCUT2D eigenvalue weighted by molar-refractivity contribution is 0.527. The summed E-state index contributed by atoms with van der Waals surface area (Å²) in [5.74, 6) is 0.634. The predicted molar refractivity (Wildman–Crippen MR) is 88.4 cm³/mol. The lowest BCUT2D eigenvalue weighted by Gasteiger charge is -2.28. The van der Waals surface area contributed by atoms with Gasteiger partial charge < -0.3 is 10.6 Å². The van der Waals surface area contributed by atoms with Crippen molar-refractivity contribution >= 4 is 5.69 Å². The van der Waals surface area contributed by atoms with E-state index in [0.717, 1.165) is 19.5 Å². The van der Waals surface area contributed by atoms with E-state index in [-0.39, 0.29) is 0 Å². The summed E-state index contributed by atoms with van der Waals surface area (Å²) in [7, 11) is 0. The Hall–Kier alpha value is -1.02. The van der Waals surface area contributed by atoms with Crippen LogP contribution in [0.4, 0.5) is 5.69 Å². The molecule has 1 aliphatic heterocycles. The van der Waals surface area contributed by atoms with Crippen LogP contribution in [0.2, 0.25) is 0 Å². The normalized spacial score (nSPS) is 19.1. The Bertz CT molecular complexity index is 402. The lowest BCUT2D eigenvalue weighted by atomic mass is 9.98. The minimum absolute atomic E-state index is 0.634. The van der Waals surface area contributed by atoms with Gasteiger partial charge in [-0.15, -0.1) is 0 Å². The fourth-order valence-corrected chi connectivity index (χ4v) is 3.42. The summed E-state index contributed by atoms with van der Waals surface area (Å²) in [5.41, 5.74) is 8.75. The molecule has 0 fully saturated rings. The molecule has 0 amide bonds. The number of para-hydroxylation sites is 1. The molecular formula is C18H30N2. The van der Waals surface area contributed by atoms with E-state index in [2.05, 4.69) is 43.0 Å². The van der Waals surface area contributed by atoms with E-state index in [9.17, 15) is 0 Å². The van der Waals surface area contributed by atoms with Crippen molar-refractivity contribution < 1.29 is 0 Å². The summed E-state index contributed by atoms with van der Waals surface area (Å²) in [4.78, 5) is 2.61. The molecule has 2 atom stereocenters. The Kier molecular flexibility index (Phi) is 5.90. The standard InChI is InChI=1S/C18H30N2/c1-3-4-5-6-9-15(2)20-14-16(12-13-19)17-10-7-8-11-18(17)20/h7-8,10-11,15-16H,3-6,9,12-14,19H2,1-2H3. The molecule has 2 N–H and O–H groups in total. The van der Waals surface area contributed by atoms with E-state index in [1.54, 1.807) is 0 Å². The molecule has 0 saturated carbocycles. The number of nitrogens with zero attached hydrogens (tertiary/aromatic N) is 1. The predicted octanol–water partition coefficient (Wildman–Crippen LogP) is 4.30. The minimum atomic E-state index is 0.634. The van der Waals surface area contributed by atoms with Crippen LogP contribution in [-0.4, -0.2) is 19.1 Å². The van der Waals surface area contributed by atoms with Gasteiger partial charge in [-0.25, -0.2) is 0 Å². The number of fused-ring (bicyclic) bond motifs is 1. The molecule has 0 aromatic heterocycles. The van der Waals surface area contributed by atoms with Crippen LogP contribution in [0.25, 0.3) is 0 Å². The first-order chi connectivity index (χ1) is 9.77. The lowest BCUT2D eigenvalue weighted by Crippen LogP contribution is -2.32. The van der Waals surface area contributed by atoms with Gasteiger partial charge in [-0.2, -0.15) is 0 Å². The Morgan fingerprint density at radius 2 is 2.05 bits per heavy atom. The van der Waals surface area contributed by atoms with Gasteiger partial charge in [-0.1, -0.05) is 50.8 Å². The summed E-state index contributed by atoms with van der Waals surface area (Å²) in [5, 5.41) is 0. The van der Waals surface area contributed by atoms with Crippen molar-refractivity contribution in [2.24, 2.45) is 5.73 Å². The van der Waals surface area contributed by atoms with Gasteiger partial charge in [0.05, 0.1) is 0 Å². The maximum Gasteiger partial charge on any atom is 0.0404 e. The zero-order chi connectivity index (χ0) is 14.4. The quantitative estimate of drug-likeness (QED) is 0.716. The minimum Gasteiger partial charge on any atom is -0.368 e. The van der Waals surface area contributed by atoms with Gasteiger partial charge in [0.2, 0.25) is 0 Å². The van der Waals surface area contributed by atoms with Gasteiger partial charge >= 0.3 is 0 Å². The number of hydrogen-bond donors (Lipinski definition) is 1. The molecular weight excluding hydrogens is 244 g/mol. The van der Waals surface area contributed by atoms with Crippen LogP contribution >= 0.6 is 0 Å². The zero-order valence-corrected chi connectivity index (χ0v) is 13.1. The molecule has 0 saturated heterocycles. The summed E-state index contributed by atoms with van der Waals surface area (Å²) in [6.45, 7) is 6.61. The Labute approximate surface area is 124 Å². The Balaban J connectivity index is 1.98. The van der Waals surface area contributed by atoms with Crippen LogP contribution in [0.5, 0.6) is 0 Å². The van der Waals surface area contributed by atoms with Crippen LogP contribution in [-0.2, 0) is 0 Å². The van der Waals surface area contributed by atoms with E-state index in [1.807, 2.05) is 0 Å². The van der Waals surface area contributed by atoms with Crippen molar-refractivity contribution in [1.29, 1.82) is 0 Å². The molecule has 2 unspecified atom stereocenters. The molecule has 1 heterocycles. The third-order valence-electron chi connectivity index (χ3n) is 4.63. The van der Waals surface area contributed by atoms with Crippen molar-refractivity contribution in [3.63, 3.8) is 0 Å². The first-order valence-electron chi connectivity index (χ1n) is 8.33. The Morgan fingerprint density at radius 3 is 2.80 bits per heavy atom. The summed E-state index contributed by atoms with van der Waals surface area (Å²) in [6, 6.07) is 9.56. The van der Waals surface area contributed by atoms with Crippen molar-refractivity contribution in [2.75, 3.05) is 18.0 Å². The maximum absolute atomic E-state index is 5.78. The average molecular weight is 274 g/mol. The van der Waals surface area contributed by atoms with Gasteiger partial charge in [0, 0.05) is 24.2 Å². The Morgan fingerprint density at radius 1 is 1.25 bits per heavy atom. The van der Waals surface area contributed by atoms with Crippen molar-refractivity contribution in [3.8, 4) is 0 Å². The van der Waals surface area contributed by atoms with E-state index in [0.29, 0.717) is 12.0 Å². The second-order valence-corrected chi connectivity index (χ2v) is 6.18. The van der Waals surface area contributed by atoms with Gasteiger partial charge in [-0.05, 0) is 37.9 Å². The highest BCUT2D eigenvalue weighted by Gasteiger charge is 2.29. The van der Waals surface area contributed by atoms with E-state index >= 15 is 0 Å². The zero-order valence-electron chi connectivity index (χ0n) is 13.1. The number of benzene rings is 1. The molecule has 0 aliphatic carbocycles. The van der Waals surface area contributed by atoms with Crippen LogP contribution in [0, 0.1) is 0 Å². The van der Waals surface area contributed by atoms with Crippen LogP contribution < -0.4 is 10.6 Å². The number of hydrogen-bond acceptors (Lipinski definition) is 2. The second-order valence-electron chi connectivity index (χ2n) is 6.18. The summed E-state index contributed by atoms with van der Waals surface area (Å²) in [6.07, 6.45) is 7.84. The summed E-state index contributed by atoms with van der Waals surface area (Å²) < 4.78 is 0. The van der Waals surface area contributed by atoms with Crippen molar-refractivity contribution in [3.05, 3.63) is 29.8 Å². The fourth-order valence-electron chi connectivity index (χ4n) is 3.42. The monoisotopic (exact) mass is 274 g/mol. The van der Waals surface area contributed by atoms with Gasteiger partial charge in [-0.3, -0.25) is 0 Å². The van der Waals surface area contributed by atoms with Crippen molar-refractivity contribution in [2.45, 2.75) is 64.3 Å². The molecule has 112 valence electrons. The highest BCUT2D eigenvalue weighted by Crippen LogP contribution is 2.39. The molecule has 1 aliphatic rings. The number of unbranched alkanes of at least 4 members (excludes halogenated alkanes) is 3. The molecule has 0 radical (unpaired) electrons. The van der Waals surface area contributed by atoms with Gasteiger partial charge in [0.15, 0.2) is 0 Å². The molecule has 1 aromatic carbocycles. The fraction of sp³-hybridized carbons (Fsp3) is 0.667. The molecule has 1 aromatic rings. The molecule has 20 heavy (non-hydrogen) atoms. The van der Waals surface area contributed by atoms with Crippen LogP contribution in [0.3, 0.4) is 0 Å². The highest BCUT2D eigenvalue weighted by molar-refractivity contribution is 5.60. The summed E-state index contributed by atoms with van der Waals surface area (Å²) >= 11 is 0. The molecule has 2 rings (SSSR count). The molecule has 2 nitrogen and oxygen atoms in total. The van der Waals surface area contributed by atoms with Gasteiger partial charge in [0.25, 0.3) is 0 Å². The van der Waals surface area contributed by atoms with Gasteiger partial charge in [0.1, 0.15) is 0 Å². The second kappa shape index (κ2) is 7.68. The molecule has 0 bridgehead atoms. The maximum atomic E-state index is 5.78. The number of rotatable bonds is 8. The molecule has 0 spiro atoms. The third-order valence-corrected chi connectivity index (χ3v) is 4.63. The van der Waals surface area contributed by atoms with Crippen LogP contribution in [0.15, 0.2) is 24.3 Å². The third kappa shape index (κ3) is 3.54.